The lowest BCUT2D eigenvalue weighted by atomic mass is 10.1. The van der Waals surface area contributed by atoms with Crippen LogP contribution in [0.25, 0.3) is 0 Å². The Balaban J connectivity index is 2.81. The van der Waals surface area contributed by atoms with E-state index in [-0.39, 0.29) is 12.2 Å². The Morgan fingerprint density at radius 3 is 2.63 bits per heavy atom. The number of hydrogen-bond acceptors (Lipinski definition) is 5. The van der Waals surface area contributed by atoms with Gasteiger partial charge in [-0.3, -0.25) is 9.52 Å². The second-order valence-electron chi connectivity index (χ2n) is 4.01. The zero-order valence-corrected chi connectivity index (χ0v) is 11.6. The topological polar surface area (TPSA) is 92.7 Å². The summed E-state index contributed by atoms with van der Waals surface area (Å²) in [5.41, 5.74) is 0.784. The Hall–Kier alpha value is -1.60. The van der Waals surface area contributed by atoms with Crippen molar-refractivity contribution in [2.45, 2.75) is 19.4 Å². The van der Waals surface area contributed by atoms with Gasteiger partial charge in [-0.1, -0.05) is 18.2 Å². The lowest BCUT2D eigenvalue weighted by molar-refractivity contribution is -0.140. The SMILES string of the molecule is COC(=O)CCS(=O)(=O)Nc1ccccc1C(C)O. The fourth-order valence-electron chi connectivity index (χ4n) is 1.49. The summed E-state index contributed by atoms with van der Waals surface area (Å²) < 4.78 is 30.3. The van der Waals surface area contributed by atoms with Crippen molar-refractivity contribution in [3.8, 4) is 0 Å². The van der Waals surface area contributed by atoms with E-state index in [0.717, 1.165) is 0 Å². The Morgan fingerprint density at radius 2 is 2.05 bits per heavy atom. The van der Waals surface area contributed by atoms with Crippen molar-refractivity contribution in [1.82, 2.24) is 0 Å². The van der Waals surface area contributed by atoms with Crippen LogP contribution in [-0.2, 0) is 19.6 Å². The van der Waals surface area contributed by atoms with Crippen LogP contribution in [0.15, 0.2) is 24.3 Å². The van der Waals surface area contributed by atoms with Crippen molar-refractivity contribution in [3.05, 3.63) is 29.8 Å². The van der Waals surface area contributed by atoms with Crippen molar-refractivity contribution in [1.29, 1.82) is 0 Å². The Bertz CT molecular complexity index is 539. The summed E-state index contributed by atoms with van der Waals surface area (Å²) in [5.74, 6) is -0.956. The maximum atomic E-state index is 11.8. The third-order valence-electron chi connectivity index (χ3n) is 2.48. The molecule has 0 aliphatic heterocycles. The van der Waals surface area contributed by atoms with Crippen LogP contribution in [0.4, 0.5) is 5.69 Å². The van der Waals surface area contributed by atoms with E-state index in [4.69, 9.17) is 0 Å². The summed E-state index contributed by atoms with van der Waals surface area (Å²) >= 11 is 0. The number of hydrogen-bond donors (Lipinski definition) is 2. The second-order valence-corrected chi connectivity index (χ2v) is 5.85. The molecule has 0 aromatic heterocycles. The molecule has 0 radical (unpaired) electrons. The zero-order valence-electron chi connectivity index (χ0n) is 10.8. The monoisotopic (exact) mass is 287 g/mol. The molecule has 7 heteroatoms. The molecule has 0 heterocycles. The van der Waals surface area contributed by atoms with Crippen LogP contribution in [-0.4, -0.2) is 32.4 Å². The van der Waals surface area contributed by atoms with Crippen LogP contribution in [0.5, 0.6) is 0 Å². The minimum atomic E-state index is -3.66. The van der Waals surface area contributed by atoms with Crippen LogP contribution < -0.4 is 4.72 Å². The number of rotatable bonds is 6. The van der Waals surface area contributed by atoms with E-state index in [1.54, 1.807) is 31.2 Å². The van der Waals surface area contributed by atoms with Crippen LogP contribution >= 0.6 is 0 Å². The van der Waals surface area contributed by atoms with Crippen LogP contribution in [0.2, 0.25) is 0 Å². The Morgan fingerprint density at radius 1 is 1.42 bits per heavy atom. The molecule has 0 saturated heterocycles. The third-order valence-corrected chi connectivity index (χ3v) is 3.75. The van der Waals surface area contributed by atoms with Crippen LogP contribution in [0.3, 0.4) is 0 Å². The molecule has 1 rings (SSSR count). The first-order valence-corrected chi connectivity index (χ1v) is 7.35. The standard InChI is InChI=1S/C12H17NO5S/c1-9(14)10-5-3-4-6-11(10)13-19(16,17)8-7-12(15)18-2/h3-6,9,13-14H,7-8H2,1-2H3. The van der Waals surface area contributed by atoms with E-state index in [1.807, 2.05) is 0 Å². The number of carbonyl (C=O) groups is 1. The predicted octanol–water partition coefficient (Wildman–Crippen LogP) is 1.04. The highest BCUT2D eigenvalue weighted by Crippen LogP contribution is 2.23. The maximum absolute atomic E-state index is 11.8. The fraction of sp³-hybridized carbons (Fsp3) is 0.417. The van der Waals surface area contributed by atoms with Gasteiger partial charge in [0, 0.05) is 5.56 Å². The smallest absolute Gasteiger partial charge is 0.306 e. The van der Waals surface area contributed by atoms with Crippen LogP contribution in [0, 0.1) is 0 Å². The average molecular weight is 287 g/mol. The number of methoxy groups -OCH3 is 1. The van der Waals surface area contributed by atoms with Gasteiger partial charge >= 0.3 is 5.97 Å². The number of nitrogens with one attached hydrogen (secondary N) is 1. The summed E-state index contributed by atoms with van der Waals surface area (Å²) in [5, 5.41) is 9.55. The molecular formula is C12H17NO5S. The molecule has 0 saturated carbocycles. The summed E-state index contributed by atoms with van der Waals surface area (Å²) in [4.78, 5) is 10.9. The highest BCUT2D eigenvalue weighted by molar-refractivity contribution is 7.92. The van der Waals surface area contributed by atoms with Gasteiger partial charge in [0.25, 0.3) is 0 Å². The first kappa shape index (κ1) is 15.5. The summed E-state index contributed by atoms with van der Waals surface area (Å²) in [7, 11) is -2.46. The van der Waals surface area contributed by atoms with Crippen molar-refractivity contribution in [3.63, 3.8) is 0 Å². The molecule has 1 atom stereocenters. The minimum Gasteiger partial charge on any atom is -0.469 e. The van der Waals surface area contributed by atoms with Crippen molar-refractivity contribution >= 4 is 21.7 Å². The largest absolute Gasteiger partial charge is 0.469 e. The number of ether oxygens (including phenoxy) is 1. The van der Waals surface area contributed by atoms with Crippen molar-refractivity contribution in [2.75, 3.05) is 17.6 Å². The van der Waals surface area contributed by atoms with E-state index in [9.17, 15) is 18.3 Å². The molecule has 0 fully saturated rings. The van der Waals surface area contributed by atoms with Gasteiger partial charge in [-0.25, -0.2) is 8.42 Å². The normalized spacial score (nSPS) is 12.8. The number of anilines is 1. The molecule has 0 amide bonds. The van der Waals surface area contributed by atoms with Gasteiger partial charge in [-0.15, -0.1) is 0 Å². The molecule has 0 spiro atoms. The third kappa shape index (κ3) is 4.88. The lowest BCUT2D eigenvalue weighted by Gasteiger charge is -2.13. The molecule has 0 aliphatic rings. The number of benzene rings is 1. The van der Waals surface area contributed by atoms with Gasteiger partial charge in [0.15, 0.2) is 0 Å². The molecule has 1 aromatic rings. The number of para-hydroxylation sites is 1. The number of esters is 1. The quantitative estimate of drug-likeness (QED) is 0.763. The molecule has 1 unspecified atom stereocenters. The first-order valence-electron chi connectivity index (χ1n) is 5.70. The number of aliphatic hydroxyl groups is 1. The Labute approximate surface area is 112 Å². The second kappa shape index (κ2) is 6.53. The predicted molar refractivity (Wildman–Crippen MR) is 71.1 cm³/mol. The first-order chi connectivity index (χ1) is 8.85. The number of aliphatic hydroxyl groups excluding tert-OH is 1. The van der Waals surface area contributed by atoms with Gasteiger partial charge in [0.2, 0.25) is 10.0 Å². The number of carbonyl (C=O) groups excluding carboxylic acids is 1. The van der Waals surface area contributed by atoms with Gasteiger partial charge in [-0.2, -0.15) is 0 Å². The van der Waals surface area contributed by atoms with E-state index >= 15 is 0 Å². The van der Waals surface area contributed by atoms with E-state index in [1.165, 1.54) is 7.11 Å². The van der Waals surface area contributed by atoms with E-state index in [0.29, 0.717) is 11.3 Å². The molecule has 1 aromatic carbocycles. The van der Waals surface area contributed by atoms with Gasteiger partial charge < -0.3 is 9.84 Å². The Kier molecular flexibility index (Phi) is 5.31. The van der Waals surface area contributed by atoms with Crippen molar-refractivity contribution in [2.24, 2.45) is 0 Å². The summed E-state index contributed by atoms with van der Waals surface area (Å²) in [6, 6.07) is 6.54. The van der Waals surface area contributed by atoms with Gasteiger partial charge in [-0.05, 0) is 13.0 Å². The fourth-order valence-corrected chi connectivity index (χ4v) is 2.55. The highest BCUT2D eigenvalue weighted by atomic mass is 32.2. The highest BCUT2D eigenvalue weighted by Gasteiger charge is 2.16. The lowest BCUT2D eigenvalue weighted by Crippen LogP contribution is -2.20. The maximum Gasteiger partial charge on any atom is 0.306 e. The molecular weight excluding hydrogens is 270 g/mol. The van der Waals surface area contributed by atoms with Gasteiger partial charge in [0.1, 0.15) is 0 Å². The molecule has 106 valence electrons. The molecule has 2 N–H and O–H groups in total. The minimum absolute atomic E-state index is 0.220. The van der Waals surface area contributed by atoms with Crippen molar-refractivity contribution < 1.29 is 23.1 Å². The molecule has 0 aliphatic carbocycles. The average Bonchev–Trinajstić information content (AvgIpc) is 2.36. The van der Waals surface area contributed by atoms with E-state index in [2.05, 4.69) is 9.46 Å². The molecule has 6 nitrogen and oxygen atoms in total. The van der Waals surface area contributed by atoms with Gasteiger partial charge in [0.05, 0.1) is 31.1 Å². The summed E-state index contributed by atoms with van der Waals surface area (Å²) in [6.07, 6.45) is -1.01. The molecule has 19 heavy (non-hydrogen) atoms. The van der Waals surface area contributed by atoms with Crippen LogP contribution in [0.1, 0.15) is 25.0 Å². The zero-order chi connectivity index (χ0) is 14.5. The van der Waals surface area contributed by atoms with E-state index < -0.39 is 22.1 Å². The molecule has 0 bridgehead atoms. The summed E-state index contributed by atoms with van der Waals surface area (Å²) in [6.45, 7) is 1.54. The number of sulfonamides is 1.